The Bertz CT molecular complexity index is 1020. The molecule has 0 saturated carbocycles. The van der Waals surface area contributed by atoms with Gasteiger partial charge in [0, 0.05) is 12.8 Å². The van der Waals surface area contributed by atoms with Crippen molar-refractivity contribution >= 4 is 23.9 Å². The Labute approximate surface area is 198 Å². The number of ether oxygens (including phenoxy) is 3. The molecule has 2 aromatic carbocycles. The van der Waals surface area contributed by atoms with Crippen LogP contribution in [0.15, 0.2) is 54.6 Å². The molecule has 9 heteroatoms. The van der Waals surface area contributed by atoms with Crippen molar-refractivity contribution in [2.24, 2.45) is 0 Å². The van der Waals surface area contributed by atoms with E-state index in [1.807, 2.05) is 54.6 Å². The lowest BCUT2D eigenvalue weighted by atomic mass is 9.93. The third kappa shape index (κ3) is 6.34. The summed E-state index contributed by atoms with van der Waals surface area (Å²) in [5.41, 5.74) is 2.67. The molecule has 0 radical (unpaired) electrons. The van der Waals surface area contributed by atoms with Crippen LogP contribution in [0.4, 0.5) is 4.79 Å². The van der Waals surface area contributed by atoms with Crippen LogP contribution in [-0.4, -0.2) is 55.1 Å². The number of amides is 2. The highest BCUT2D eigenvalue weighted by Crippen LogP contribution is 2.25. The molecule has 1 aliphatic rings. The fourth-order valence-corrected chi connectivity index (χ4v) is 3.77. The summed E-state index contributed by atoms with van der Waals surface area (Å²) in [5.74, 6) is -1.74. The summed E-state index contributed by atoms with van der Waals surface area (Å²) in [7, 11) is 2.44. The average Bonchev–Trinajstić information content (AvgIpc) is 2.88. The number of benzene rings is 2. The van der Waals surface area contributed by atoms with Crippen LogP contribution in [0, 0.1) is 0 Å². The SMILES string of the molecule is COC(=O)CC[C@@H](NC(=O)[C@@H]1Cc2ccccc2CN1C(=O)OCc1ccccc1)C(=O)OC. The molecule has 0 spiro atoms. The summed E-state index contributed by atoms with van der Waals surface area (Å²) in [4.78, 5) is 51.3. The molecule has 1 N–H and O–H groups in total. The maximum Gasteiger partial charge on any atom is 0.411 e. The molecule has 9 nitrogen and oxygen atoms in total. The lowest BCUT2D eigenvalue weighted by molar-refractivity contribution is -0.147. The van der Waals surface area contributed by atoms with E-state index in [9.17, 15) is 19.2 Å². The van der Waals surface area contributed by atoms with E-state index in [1.165, 1.54) is 19.1 Å². The Morgan fingerprint density at radius 1 is 0.971 bits per heavy atom. The summed E-state index contributed by atoms with van der Waals surface area (Å²) in [5, 5.41) is 2.64. The van der Waals surface area contributed by atoms with Crippen molar-refractivity contribution in [3.63, 3.8) is 0 Å². The van der Waals surface area contributed by atoms with Gasteiger partial charge in [-0.15, -0.1) is 0 Å². The molecular weight excluding hydrogens is 440 g/mol. The maximum absolute atomic E-state index is 13.3. The number of nitrogens with zero attached hydrogens (tertiary/aromatic N) is 1. The van der Waals surface area contributed by atoms with Crippen LogP contribution in [0.25, 0.3) is 0 Å². The zero-order valence-electron chi connectivity index (χ0n) is 19.2. The summed E-state index contributed by atoms with van der Waals surface area (Å²) < 4.78 is 14.9. The molecule has 180 valence electrons. The van der Waals surface area contributed by atoms with E-state index < -0.39 is 36.0 Å². The Hall–Kier alpha value is -3.88. The van der Waals surface area contributed by atoms with Crippen LogP contribution >= 0.6 is 0 Å². The van der Waals surface area contributed by atoms with Crippen molar-refractivity contribution in [2.75, 3.05) is 14.2 Å². The van der Waals surface area contributed by atoms with Crippen LogP contribution in [0.2, 0.25) is 0 Å². The predicted octanol–water partition coefficient (Wildman–Crippen LogP) is 2.36. The first-order valence-corrected chi connectivity index (χ1v) is 10.9. The maximum atomic E-state index is 13.3. The van der Waals surface area contributed by atoms with Gasteiger partial charge in [-0.3, -0.25) is 14.5 Å². The van der Waals surface area contributed by atoms with E-state index in [0.717, 1.165) is 16.7 Å². The fourth-order valence-electron chi connectivity index (χ4n) is 3.77. The van der Waals surface area contributed by atoms with Gasteiger partial charge in [0.2, 0.25) is 5.91 Å². The van der Waals surface area contributed by atoms with E-state index in [2.05, 4.69) is 10.1 Å². The predicted molar refractivity (Wildman–Crippen MR) is 121 cm³/mol. The minimum Gasteiger partial charge on any atom is -0.469 e. The van der Waals surface area contributed by atoms with Gasteiger partial charge in [-0.2, -0.15) is 0 Å². The van der Waals surface area contributed by atoms with Gasteiger partial charge in [-0.05, 0) is 23.1 Å². The lowest BCUT2D eigenvalue weighted by Gasteiger charge is -2.35. The zero-order valence-corrected chi connectivity index (χ0v) is 19.2. The van der Waals surface area contributed by atoms with Crippen LogP contribution in [0.5, 0.6) is 0 Å². The monoisotopic (exact) mass is 468 g/mol. The van der Waals surface area contributed by atoms with Crippen LogP contribution in [-0.2, 0) is 48.2 Å². The van der Waals surface area contributed by atoms with Gasteiger partial charge in [0.1, 0.15) is 18.7 Å². The highest BCUT2D eigenvalue weighted by molar-refractivity contribution is 5.90. The smallest absolute Gasteiger partial charge is 0.411 e. The summed E-state index contributed by atoms with van der Waals surface area (Å²) in [6.45, 7) is 0.253. The zero-order chi connectivity index (χ0) is 24.5. The molecule has 1 heterocycles. The van der Waals surface area contributed by atoms with Crippen LogP contribution < -0.4 is 5.32 Å². The number of nitrogens with one attached hydrogen (secondary N) is 1. The molecule has 2 aromatic rings. The average molecular weight is 469 g/mol. The second-order valence-electron chi connectivity index (χ2n) is 7.86. The van der Waals surface area contributed by atoms with Crippen molar-refractivity contribution in [3.8, 4) is 0 Å². The van der Waals surface area contributed by atoms with Gasteiger partial charge in [-0.1, -0.05) is 54.6 Å². The number of carbonyl (C=O) groups excluding carboxylic acids is 4. The van der Waals surface area contributed by atoms with E-state index in [0.29, 0.717) is 0 Å². The first-order valence-electron chi connectivity index (χ1n) is 10.9. The topological polar surface area (TPSA) is 111 Å². The number of rotatable bonds is 8. The number of carbonyl (C=O) groups is 4. The molecule has 1 aliphatic heterocycles. The fraction of sp³-hybridized carbons (Fsp3) is 0.360. The van der Waals surface area contributed by atoms with Gasteiger partial charge in [-0.25, -0.2) is 9.59 Å². The molecule has 34 heavy (non-hydrogen) atoms. The van der Waals surface area contributed by atoms with Crippen molar-refractivity contribution < 1.29 is 33.4 Å². The third-order valence-corrected chi connectivity index (χ3v) is 5.66. The van der Waals surface area contributed by atoms with E-state index in [-0.39, 0.29) is 32.4 Å². The third-order valence-electron chi connectivity index (χ3n) is 5.66. The minimum absolute atomic E-state index is 0.00679. The molecule has 0 saturated heterocycles. The molecule has 0 aliphatic carbocycles. The van der Waals surface area contributed by atoms with Crippen LogP contribution in [0.3, 0.4) is 0 Å². The number of hydrogen-bond donors (Lipinski definition) is 1. The van der Waals surface area contributed by atoms with Gasteiger partial charge >= 0.3 is 18.0 Å². The molecule has 2 amide bonds. The number of methoxy groups -OCH3 is 2. The van der Waals surface area contributed by atoms with E-state index in [1.54, 1.807) is 0 Å². The number of esters is 2. The summed E-state index contributed by atoms with van der Waals surface area (Å²) >= 11 is 0. The molecule has 0 bridgehead atoms. The highest BCUT2D eigenvalue weighted by atomic mass is 16.6. The minimum atomic E-state index is -1.06. The Balaban J connectivity index is 1.76. The second-order valence-corrected chi connectivity index (χ2v) is 7.86. The Morgan fingerprint density at radius 3 is 2.32 bits per heavy atom. The van der Waals surface area contributed by atoms with Gasteiger partial charge in [0.15, 0.2) is 0 Å². The van der Waals surface area contributed by atoms with Gasteiger partial charge < -0.3 is 19.5 Å². The van der Waals surface area contributed by atoms with Crippen LogP contribution in [0.1, 0.15) is 29.5 Å². The van der Waals surface area contributed by atoms with Crippen molar-refractivity contribution in [3.05, 3.63) is 71.3 Å². The highest BCUT2D eigenvalue weighted by Gasteiger charge is 2.37. The van der Waals surface area contributed by atoms with Gasteiger partial charge in [0.05, 0.1) is 20.8 Å². The summed E-state index contributed by atoms with van der Waals surface area (Å²) in [6.07, 6.45) is -0.449. The number of hydrogen-bond acceptors (Lipinski definition) is 7. The molecule has 2 atom stereocenters. The molecule has 0 unspecified atom stereocenters. The first-order chi connectivity index (χ1) is 16.4. The van der Waals surface area contributed by atoms with Crippen molar-refractivity contribution in [1.29, 1.82) is 0 Å². The van der Waals surface area contributed by atoms with Crippen molar-refractivity contribution in [2.45, 2.75) is 44.5 Å². The standard InChI is InChI=1S/C25H28N2O7/c1-32-22(28)13-12-20(24(30)33-2)26-23(29)21-14-18-10-6-7-11-19(18)15-27(21)25(31)34-16-17-8-4-3-5-9-17/h3-11,20-21H,12-16H2,1-2H3,(H,26,29)/t20-,21+/m1/s1. The Kier molecular flexibility index (Phi) is 8.61. The number of fused-ring (bicyclic) bond motifs is 1. The first kappa shape index (κ1) is 24.8. The van der Waals surface area contributed by atoms with Crippen molar-refractivity contribution in [1.82, 2.24) is 10.2 Å². The second kappa shape index (κ2) is 11.8. The van der Waals surface area contributed by atoms with Gasteiger partial charge in [0.25, 0.3) is 0 Å². The summed E-state index contributed by atoms with van der Waals surface area (Å²) in [6, 6.07) is 14.8. The normalized spacial score (nSPS) is 15.5. The largest absolute Gasteiger partial charge is 0.469 e. The Morgan fingerprint density at radius 2 is 1.65 bits per heavy atom. The quantitative estimate of drug-likeness (QED) is 0.468. The van der Waals surface area contributed by atoms with E-state index >= 15 is 0 Å². The molecule has 0 aromatic heterocycles. The van der Waals surface area contributed by atoms with E-state index in [4.69, 9.17) is 9.47 Å². The lowest BCUT2D eigenvalue weighted by Crippen LogP contribution is -2.55. The molecule has 0 fully saturated rings. The molecular formula is C25H28N2O7. The molecule has 3 rings (SSSR count).